The highest BCUT2D eigenvalue weighted by atomic mass is 79.9. The summed E-state index contributed by atoms with van der Waals surface area (Å²) in [7, 11) is 0. The summed E-state index contributed by atoms with van der Waals surface area (Å²) in [4.78, 5) is 12.1. The lowest BCUT2D eigenvalue weighted by Crippen LogP contribution is -2.14. The lowest BCUT2D eigenvalue weighted by atomic mass is 10.2. The van der Waals surface area contributed by atoms with Crippen LogP contribution in [0.2, 0.25) is 0 Å². The second-order valence-electron chi connectivity index (χ2n) is 3.98. The van der Waals surface area contributed by atoms with E-state index < -0.39 is 11.7 Å². The van der Waals surface area contributed by atoms with Gasteiger partial charge in [0, 0.05) is 0 Å². The average molecular weight is 338 g/mol. The van der Waals surface area contributed by atoms with Gasteiger partial charge in [-0.3, -0.25) is 4.79 Å². The summed E-state index contributed by atoms with van der Waals surface area (Å²) in [6.07, 6.45) is 0. The van der Waals surface area contributed by atoms with Gasteiger partial charge in [0.25, 0.3) is 5.91 Å². The van der Waals surface area contributed by atoms with Crippen molar-refractivity contribution in [1.82, 2.24) is 0 Å². The van der Waals surface area contributed by atoms with E-state index in [0.29, 0.717) is 18.0 Å². The van der Waals surface area contributed by atoms with Gasteiger partial charge >= 0.3 is 0 Å². The number of benzene rings is 2. The highest BCUT2D eigenvalue weighted by Crippen LogP contribution is 2.25. The first-order valence-corrected chi connectivity index (χ1v) is 6.90. The maximum atomic E-state index is 13.9. The summed E-state index contributed by atoms with van der Waals surface area (Å²) in [5.41, 5.74) is 0.490. The molecular formula is C15H13BrFNO2. The van der Waals surface area contributed by atoms with Crippen LogP contribution in [0, 0.1) is 5.82 Å². The SMILES string of the molecule is CCOc1ccccc1NC(=O)c1cccc(Br)c1F. The zero-order valence-corrected chi connectivity index (χ0v) is 12.4. The number of hydrogen-bond acceptors (Lipinski definition) is 2. The van der Waals surface area contributed by atoms with Crippen LogP contribution in [0.1, 0.15) is 17.3 Å². The fourth-order valence-corrected chi connectivity index (χ4v) is 2.09. The van der Waals surface area contributed by atoms with E-state index in [4.69, 9.17) is 4.74 Å². The second kappa shape index (κ2) is 6.52. The molecule has 0 atom stereocenters. The third kappa shape index (κ3) is 3.17. The van der Waals surface area contributed by atoms with Gasteiger partial charge in [-0.15, -0.1) is 0 Å². The molecule has 1 amide bonds. The molecule has 0 fully saturated rings. The van der Waals surface area contributed by atoms with Crippen LogP contribution in [-0.2, 0) is 0 Å². The van der Waals surface area contributed by atoms with Crippen molar-refractivity contribution in [2.24, 2.45) is 0 Å². The van der Waals surface area contributed by atoms with E-state index in [-0.39, 0.29) is 10.0 Å². The van der Waals surface area contributed by atoms with Gasteiger partial charge in [0.2, 0.25) is 0 Å². The van der Waals surface area contributed by atoms with Gasteiger partial charge < -0.3 is 10.1 Å². The number of hydrogen-bond donors (Lipinski definition) is 1. The molecule has 2 rings (SSSR count). The Morgan fingerprint density at radius 1 is 1.25 bits per heavy atom. The van der Waals surface area contributed by atoms with Crippen LogP contribution in [0.4, 0.5) is 10.1 Å². The minimum absolute atomic E-state index is 0.0225. The van der Waals surface area contributed by atoms with E-state index in [0.717, 1.165) is 0 Å². The first kappa shape index (κ1) is 14.5. The predicted octanol–water partition coefficient (Wildman–Crippen LogP) is 4.24. The van der Waals surface area contributed by atoms with Gasteiger partial charge in [0.15, 0.2) is 0 Å². The molecule has 3 nitrogen and oxygen atoms in total. The smallest absolute Gasteiger partial charge is 0.258 e. The van der Waals surface area contributed by atoms with E-state index in [2.05, 4.69) is 21.2 Å². The normalized spacial score (nSPS) is 10.2. The number of carbonyl (C=O) groups excluding carboxylic acids is 1. The molecule has 0 radical (unpaired) electrons. The average Bonchev–Trinajstić information content (AvgIpc) is 2.44. The molecule has 0 aliphatic rings. The summed E-state index contributed by atoms with van der Waals surface area (Å²) in [5.74, 6) is -0.548. The molecule has 5 heteroatoms. The monoisotopic (exact) mass is 337 g/mol. The molecule has 0 saturated heterocycles. The van der Waals surface area contributed by atoms with Crippen molar-refractivity contribution in [3.05, 3.63) is 58.3 Å². The predicted molar refractivity (Wildman–Crippen MR) is 79.7 cm³/mol. The number of anilines is 1. The lowest BCUT2D eigenvalue weighted by Gasteiger charge is -2.11. The minimum atomic E-state index is -0.584. The molecule has 0 spiro atoms. The first-order chi connectivity index (χ1) is 9.63. The summed E-state index contributed by atoms with van der Waals surface area (Å²) < 4.78 is 19.5. The first-order valence-electron chi connectivity index (χ1n) is 6.10. The molecule has 0 aliphatic heterocycles. The fraction of sp³-hybridized carbons (Fsp3) is 0.133. The minimum Gasteiger partial charge on any atom is -0.492 e. The van der Waals surface area contributed by atoms with E-state index in [1.54, 1.807) is 36.4 Å². The maximum absolute atomic E-state index is 13.9. The number of halogens is 2. The molecule has 0 unspecified atom stereocenters. The van der Waals surface area contributed by atoms with Crippen molar-refractivity contribution in [3.63, 3.8) is 0 Å². The number of carbonyl (C=O) groups is 1. The Balaban J connectivity index is 2.26. The molecule has 1 N–H and O–H groups in total. The number of rotatable bonds is 4. The van der Waals surface area contributed by atoms with E-state index >= 15 is 0 Å². The fourth-order valence-electron chi connectivity index (χ4n) is 1.72. The zero-order chi connectivity index (χ0) is 14.5. The molecule has 0 heterocycles. The Labute approximate surface area is 124 Å². The lowest BCUT2D eigenvalue weighted by molar-refractivity contribution is 0.102. The van der Waals surface area contributed by atoms with Crippen molar-refractivity contribution in [3.8, 4) is 5.75 Å². The van der Waals surface area contributed by atoms with Gasteiger partial charge in [-0.2, -0.15) is 0 Å². The molecule has 2 aromatic rings. The summed E-state index contributed by atoms with van der Waals surface area (Å²) in [6, 6.07) is 11.6. The van der Waals surface area contributed by atoms with Gasteiger partial charge in [-0.05, 0) is 47.1 Å². The molecular weight excluding hydrogens is 325 g/mol. The van der Waals surface area contributed by atoms with Crippen LogP contribution in [-0.4, -0.2) is 12.5 Å². The quantitative estimate of drug-likeness (QED) is 0.906. The molecule has 104 valence electrons. The van der Waals surface area contributed by atoms with Crippen LogP contribution in [0.25, 0.3) is 0 Å². The third-order valence-electron chi connectivity index (χ3n) is 2.63. The largest absolute Gasteiger partial charge is 0.492 e. The highest BCUT2D eigenvalue weighted by Gasteiger charge is 2.15. The van der Waals surface area contributed by atoms with Gasteiger partial charge in [-0.1, -0.05) is 18.2 Å². The van der Waals surface area contributed by atoms with E-state index in [1.165, 1.54) is 6.07 Å². The molecule has 2 aromatic carbocycles. The van der Waals surface area contributed by atoms with Crippen molar-refractivity contribution >= 4 is 27.5 Å². The Hall–Kier alpha value is -1.88. The summed E-state index contributed by atoms with van der Waals surface area (Å²) >= 11 is 3.06. The van der Waals surface area contributed by atoms with E-state index in [9.17, 15) is 9.18 Å². The molecule has 0 saturated carbocycles. The maximum Gasteiger partial charge on any atom is 0.258 e. The standard InChI is InChI=1S/C15H13BrFNO2/c1-2-20-13-9-4-3-8-12(13)18-15(19)10-6-5-7-11(16)14(10)17/h3-9H,2H2,1H3,(H,18,19). The topological polar surface area (TPSA) is 38.3 Å². The second-order valence-corrected chi connectivity index (χ2v) is 4.84. The van der Waals surface area contributed by atoms with Crippen LogP contribution in [0.3, 0.4) is 0 Å². The van der Waals surface area contributed by atoms with Crippen LogP contribution in [0.15, 0.2) is 46.9 Å². The van der Waals surface area contributed by atoms with Crippen LogP contribution >= 0.6 is 15.9 Å². The molecule has 0 aliphatic carbocycles. The van der Waals surface area contributed by atoms with Crippen molar-refractivity contribution in [2.75, 3.05) is 11.9 Å². The number of para-hydroxylation sites is 2. The molecule has 20 heavy (non-hydrogen) atoms. The summed E-state index contributed by atoms with van der Waals surface area (Å²) in [5, 5.41) is 2.65. The number of nitrogens with one attached hydrogen (secondary N) is 1. The summed E-state index contributed by atoms with van der Waals surface area (Å²) in [6.45, 7) is 2.34. The number of amides is 1. The van der Waals surface area contributed by atoms with Crippen molar-refractivity contribution in [2.45, 2.75) is 6.92 Å². The Morgan fingerprint density at radius 3 is 2.75 bits per heavy atom. The van der Waals surface area contributed by atoms with Gasteiger partial charge in [0.1, 0.15) is 11.6 Å². The van der Waals surface area contributed by atoms with Crippen LogP contribution in [0.5, 0.6) is 5.75 Å². The van der Waals surface area contributed by atoms with Crippen molar-refractivity contribution in [1.29, 1.82) is 0 Å². The third-order valence-corrected chi connectivity index (χ3v) is 3.24. The van der Waals surface area contributed by atoms with Gasteiger partial charge in [0.05, 0.1) is 22.3 Å². The van der Waals surface area contributed by atoms with Gasteiger partial charge in [-0.25, -0.2) is 4.39 Å². The Bertz CT molecular complexity index is 631. The number of ether oxygens (including phenoxy) is 1. The van der Waals surface area contributed by atoms with Crippen molar-refractivity contribution < 1.29 is 13.9 Å². The Morgan fingerprint density at radius 2 is 2.00 bits per heavy atom. The highest BCUT2D eigenvalue weighted by molar-refractivity contribution is 9.10. The van der Waals surface area contributed by atoms with E-state index in [1.807, 2.05) is 6.92 Å². The Kier molecular flexibility index (Phi) is 4.74. The molecule has 0 aromatic heterocycles. The molecule has 0 bridgehead atoms. The van der Waals surface area contributed by atoms with Crippen LogP contribution < -0.4 is 10.1 Å². The zero-order valence-electron chi connectivity index (χ0n) is 10.8.